The van der Waals surface area contributed by atoms with Gasteiger partial charge in [-0.3, -0.25) is 4.79 Å². The number of ketones is 1. The first kappa shape index (κ1) is 16.3. The second kappa shape index (κ2) is 4.94. The molecule has 1 fully saturated rings. The fraction of sp³-hybridized carbons (Fsp3) is 0.682. The van der Waals surface area contributed by atoms with Gasteiger partial charge in [-0.2, -0.15) is 0 Å². The third kappa shape index (κ3) is 2.08. The minimum absolute atomic E-state index is 0.0237. The van der Waals surface area contributed by atoms with E-state index in [4.69, 9.17) is 0 Å². The average Bonchev–Trinajstić information content (AvgIpc) is 2.74. The number of aliphatic hydroxyl groups is 1. The van der Waals surface area contributed by atoms with Crippen molar-refractivity contribution in [2.24, 2.45) is 22.7 Å². The van der Waals surface area contributed by atoms with Crippen LogP contribution in [0.3, 0.4) is 0 Å². The summed E-state index contributed by atoms with van der Waals surface area (Å²) in [5, 5.41) is 11.3. The predicted molar refractivity (Wildman–Crippen MR) is 96.4 cm³/mol. The van der Waals surface area contributed by atoms with Gasteiger partial charge in [-0.1, -0.05) is 39.7 Å². The maximum atomic E-state index is 12.1. The molecule has 4 aliphatic carbocycles. The van der Waals surface area contributed by atoms with E-state index >= 15 is 0 Å². The molecule has 2 nitrogen and oxygen atoms in total. The number of allylic oxidation sites excluding steroid dienone is 2. The zero-order chi connectivity index (χ0) is 17.3. The van der Waals surface area contributed by atoms with Gasteiger partial charge in [0.15, 0.2) is 5.78 Å². The van der Waals surface area contributed by atoms with E-state index in [-0.39, 0.29) is 11.2 Å². The Morgan fingerprint density at radius 3 is 2.67 bits per heavy atom. The van der Waals surface area contributed by atoms with E-state index in [2.05, 4.69) is 27.7 Å². The van der Waals surface area contributed by atoms with Gasteiger partial charge in [0.2, 0.25) is 0 Å². The van der Waals surface area contributed by atoms with E-state index in [1.165, 1.54) is 43.3 Å². The van der Waals surface area contributed by atoms with Crippen LogP contribution in [0.5, 0.6) is 0 Å². The summed E-state index contributed by atoms with van der Waals surface area (Å²) in [6, 6.07) is 0. The number of hydrogen-bond donors (Lipinski definition) is 1. The van der Waals surface area contributed by atoms with Crippen LogP contribution in [0.25, 0.3) is 0 Å². The number of hydrogen-bond acceptors (Lipinski definition) is 2. The van der Waals surface area contributed by atoms with Gasteiger partial charge in [-0.25, -0.2) is 0 Å². The third-order valence-corrected chi connectivity index (χ3v) is 7.61. The molecule has 0 heterocycles. The molecule has 0 spiro atoms. The van der Waals surface area contributed by atoms with E-state index in [0.717, 1.165) is 5.57 Å². The summed E-state index contributed by atoms with van der Waals surface area (Å²) in [7, 11) is 0. The fourth-order valence-electron chi connectivity index (χ4n) is 6.44. The summed E-state index contributed by atoms with van der Waals surface area (Å²) in [4.78, 5) is 12.1. The zero-order valence-electron chi connectivity index (χ0n) is 15.5. The van der Waals surface area contributed by atoms with Crippen molar-refractivity contribution in [2.45, 2.75) is 71.8 Å². The first-order chi connectivity index (χ1) is 11.2. The van der Waals surface area contributed by atoms with Crippen LogP contribution in [0.2, 0.25) is 0 Å². The lowest BCUT2D eigenvalue weighted by Gasteiger charge is -2.52. The van der Waals surface area contributed by atoms with E-state index in [1.54, 1.807) is 18.2 Å². The molecule has 0 radical (unpaired) electrons. The number of carbonyl (C=O) groups is 1. The van der Waals surface area contributed by atoms with Crippen LogP contribution in [0.4, 0.5) is 0 Å². The molecule has 0 unspecified atom stereocenters. The van der Waals surface area contributed by atoms with Crippen molar-refractivity contribution in [1.82, 2.24) is 0 Å². The highest BCUT2D eigenvalue weighted by atomic mass is 16.3. The predicted octanol–water partition coefficient (Wildman–Crippen LogP) is 4.75. The van der Waals surface area contributed by atoms with Crippen LogP contribution < -0.4 is 0 Å². The molecule has 0 saturated heterocycles. The van der Waals surface area contributed by atoms with Crippen molar-refractivity contribution in [3.8, 4) is 0 Å². The van der Waals surface area contributed by atoms with Gasteiger partial charge in [0, 0.05) is 6.42 Å². The van der Waals surface area contributed by atoms with Gasteiger partial charge in [-0.15, -0.1) is 0 Å². The molecule has 0 bridgehead atoms. The molecular formula is C22H30O2. The summed E-state index contributed by atoms with van der Waals surface area (Å²) in [6.07, 6.45) is 11.9. The molecule has 2 heteroatoms. The Kier molecular flexibility index (Phi) is 3.36. The largest absolute Gasteiger partial charge is 0.381 e. The van der Waals surface area contributed by atoms with Gasteiger partial charge in [-0.05, 0) is 77.7 Å². The van der Waals surface area contributed by atoms with Crippen LogP contribution in [0.1, 0.15) is 66.2 Å². The van der Waals surface area contributed by atoms with Gasteiger partial charge in [0.25, 0.3) is 0 Å². The zero-order valence-corrected chi connectivity index (χ0v) is 15.5. The van der Waals surface area contributed by atoms with E-state index < -0.39 is 5.60 Å². The van der Waals surface area contributed by atoms with E-state index in [1.807, 2.05) is 0 Å². The number of fused-ring (bicyclic) bond motifs is 4. The van der Waals surface area contributed by atoms with E-state index in [0.29, 0.717) is 23.7 Å². The summed E-state index contributed by atoms with van der Waals surface area (Å²) >= 11 is 0. The van der Waals surface area contributed by atoms with Gasteiger partial charge < -0.3 is 5.11 Å². The minimum atomic E-state index is -0.945. The van der Waals surface area contributed by atoms with Gasteiger partial charge in [0.05, 0.1) is 0 Å². The molecule has 0 aromatic rings. The Morgan fingerprint density at radius 1 is 1.17 bits per heavy atom. The first-order valence-corrected chi connectivity index (χ1v) is 9.59. The van der Waals surface area contributed by atoms with Crippen LogP contribution in [0, 0.1) is 22.7 Å². The number of rotatable bonds is 0. The molecule has 0 aliphatic heterocycles. The van der Waals surface area contributed by atoms with Crippen molar-refractivity contribution >= 4 is 5.78 Å². The highest BCUT2D eigenvalue weighted by Gasteiger charge is 2.56. The molecule has 0 aromatic carbocycles. The Morgan fingerprint density at radius 2 is 1.92 bits per heavy atom. The normalized spacial score (nSPS) is 43.7. The van der Waals surface area contributed by atoms with Crippen LogP contribution in [-0.2, 0) is 4.79 Å². The Balaban J connectivity index is 1.92. The summed E-state index contributed by atoms with van der Waals surface area (Å²) in [5.74, 6) is 1.14. The first-order valence-electron chi connectivity index (χ1n) is 9.59. The average molecular weight is 326 g/mol. The molecule has 1 N–H and O–H groups in total. The lowest BCUT2D eigenvalue weighted by molar-refractivity contribution is -0.110. The molecule has 24 heavy (non-hydrogen) atoms. The highest BCUT2D eigenvalue weighted by molar-refractivity contribution is 6.02. The third-order valence-electron chi connectivity index (χ3n) is 7.61. The Bertz CT molecular complexity index is 693. The Hall–Kier alpha value is -1.15. The van der Waals surface area contributed by atoms with Crippen LogP contribution >= 0.6 is 0 Å². The lowest BCUT2D eigenvalue weighted by atomic mass is 9.52. The van der Waals surface area contributed by atoms with Crippen molar-refractivity contribution < 1.29 is 9.90 Å². The van der Waals surface area contributed by atoms with Crippen LogP contribution in [-0.4, -0.2) is 16.5 Å². The lowest BCUT2D eigenvalue weighted by Crippen LogP contribution is -2.44. The molecule has 4 atom stereocenters. The van der Waals surface area contributed by atoms with Crippen molar-refractivity contribution in [3.63, 3.8) is 0 Å². The standard InChI is InChI=1S/C22H30O2/c1-14-6-7-18-20(2,3)9-5-10-21(18,4)19-16(14)13-22(24)11-8-15(23)12-17(19)22/h8,11-12,14,18,24H,5-7,9-10,13H2,1-4H3/t14-,18+,21+,22+/m1/s1. The molecule has 130 valence electrons. The van der Waals surface area contributed by atoms with Crippen LogP contribution in [0.15, 0.2) is 34.9 Å². The Labute approximate surface area is 145 Å². The van der Waals surface area contributed by atoms with Crippen molar-refractivity contribution in [3.05, 3.63) is 34.9 Å². The summed E-state index contributed by atoms with van der Waals surface area (Å²) in [6.45, 7) is 9.58. The highest BCUT2D eigenvalue weighted by Crippen LogP contribution is 2.64. The van der Waals surface area contributed by atoms with Crippen molar-refractivity contribution in [2.75, 3.05) is 0 Å². The fourth-order valence-corrected chi connectivity index (χ4v) is 6.44. The molecule has 0 aromatic heterocycles. The molecule has 4 rings (SSSR count). The molecule has 4 aliphatic rings. The molecular weight excluding hydrogens is 296 g/mol. The minimum Gasteiger partial charge on any atom is -0.381 e. The van der Waals surface area contributed by atoms with Gasteiger partial charge in [0.1, 0.15) is 5.60 Å². The maximum absolute atomic E-state index is 12.1. The molecule has 0 amide bonds. The topological polar surface area (TPSA) is 37.3 Å². The quantitative estimate of drug-likeness (QED) is 0.698. The number of carbonyl (C=O) groups excluding carboxylic acids is 1. The second-order valence-electron chi connectivity index (χ2n) is 9.59. The smallest absolute Gasteiger partial charge is 0.178 e. The molecule has 1 saturated carbocycles. The SMILES string of the molecule is C[C@@H]1CC[C@H]2C(C)(C)CCC[C@]2(C)C2=C1C[C@@]1(O)C=CC(=O)C=C21. The van der Waals surface area contributed by atoms with E-state index in [9.17, 15) is 9.90 Å². The van der Waals surface area contributed by atoms with Gasteiger partial charge >= 0.3 is 0 Å². The summed E-state index contributed by atoms with van der Waals surface area (Å²) in [5.41, 5.74) is 3.16. The summed E-state index contributed by atoms with van der Waals surface area (Å²) < 4.78 is 0. The second-order valence-corrected chi connectivity index (χ2v) is 9.59. The maximum Gasteiger partial charge on any atom is 0.178 e. The van der Waals surface area contributed by atoms with Crippen molar-refractivity contribution in [1.29, 1.82) is 0 Å². The monoisotopic (exact) mass is 326 g/mol.